The topological polar surface area (TPSA) is 74.9 Å². The van der Waals surface area contributed by atoms with Crippen molar-refractivity contribution in [2.24, 2.45) is 5.92 Å². The van der Waals surface area contributed by atoms with E-state index in [1.807, 2.05) is 19.1 Å². The van der Waals surface area contributed by atoms with Crippen LogP contribution in [0.5, 0.6) is 0 Å². The molecule has 1 saturated heterocycles. The fourth-order valence-corrected chi connectivity index (χ4v) is 4.60. The maximum Gasteiger partial charge on any atom is 0.320 e. The van der Waals surface area contributed by atoms with E-state index >= 15 is 0 Å². The normalized spacial score (nSPS) is 26.7. The van der Waals surface area contributed by atoms with E-state index in [1.54, 1.807) is 16.7 Å². The molecular formula is C19H23N3O3. The number of likely N-dealkylation sites (tertiary alicyclic amines) is 1. The van der Waals surface area contributed by atoms with Gasteiger partial charge in [-0.2, -0.15) is 0 Å². The molecule has 132 valence electrons. The van der Waals surface area contributed by atoms with E-state index in [1.165, 1.54) is 6.42 Å². The summed E-state index contributed by atoms with van der Waals surface area (Å²) in [6, 6.07) is 5.14. The van der Waals surface area contributed by atoms with Gasteiger partial charge in [0, 0.05) is 24.8 Å². The molecule has 6 nitrogen and oxygen atoms in total. The molecular weight excluding hydrogens is 318 g/mol. The number of fused-ring (bicyclic) bond motifs is 2. The molecule has 0 radical (unpaired) electrons. The molecule has 0 unspecified atom stereocenters. The molecule has 2 fully saturated rings. The van der Waals surface area contributed by atoms with Gasteiger partial charge >= 0.3 is 5.97 Å². The molecule has 25 heavy (non-hydrogen) atoms. The van der Waals surface area contributed by atoms with Crippen molar-refractivity contribution in [2.75, 3.05) is 0 Å². The van der Waals surface area contributed by atoms with E-state index in [0.29, 0.717) is 36.3 Å². The number of carboxylic acids is 1. The van der Waals surface area contributed by atoms with E-state index in [4.69, 9.17) is 0 Å². The van der Waals surface area contributed by atoms with Crippen molar-refractivity contribution in [3.8, 4) is 0 Å². The minimum atomic E-state index is -0.761. The Morgan fingerprint density at radius 1 is 1.36 bits per heavy atom. The summed E-state index contributed by atoms with van der Waals surface area (Å²) in [5.74, 6) is -0.304. The predicted octanol–water partition coefficient (Wildman–Crippen LogP) is 2.22. The van der Waals surface area contributed by atoms with E-state index in [2.05, 4.69) is 9.88 Å². The van der Waals surface area contributed by atoms with E-state index in [0.717, 1.165) is 24.8 Å². The third-order valence-corrected chi connectivity index (χ3v) is 5.79. The lowest BCUT2D eigenvalue weighted by atomic mass is 9.85. The standard InChI is InChI=1S/C19H23N3O3/c1-12-5-4-8-21-17(23)10-14(20-18(12)21)11-22-15-7-3-2-6-13(15)9-16(22)19(24)25/h4-5,8,10,13,15-16H,2-3,6-7,9,11H2,1H3,(H,24,25)/t13-,15-,16+/m1/s1. The van der Waals surface area contributed by atoms with Crippen LogP contribution in [0.4, 0.5) is 0 Å². The molecule has 1 N–H and O–H groups in total. The van der Waals surface area contributed by atoms with Gasteiger partial charge in [-0.3, -0.25) is 18.9 Å². The first kappa shape index (κ1) is 16.3. The minimum Gasteiger partial charge on any atom is -0.480 e. The number of aromatic nitrogens is 2. The Bertz CT molecular complexity index is 876. The first-order valence-electron chi connectivity index (χ1n) is 9.01. The third-order valence-electron chi connectivity index (χ3n) is 5.79. The van der Waals surface area contributed by atoms with Gasteiger partial charge in [0.05, 0.1) is 5.69 Å². The first-order chi connectivity index (χ1) is 12.0. The number of carbonyl (C=O) groups is 1. The van der Waals surface area contributed by atoms with Crippen LogP contribution < -0.4 is 5.56 Å². The number of pyridine rings is 1. The molecule has 0 aromatic carbocycles. The largest absolute Gasteiger partial charge is 0.480 e. The highest BCUT2D eigenvalue weighted by atomic mass is 16.4. The average Bonchev–Trinajstić information content (AvgIpc) is 2.95. The number of rotatable bonds is 3. The molecule has 2 aliphatic rings. The fourth-order valence-electron chi connectivity index (χ4n) is 4.60. The third kappa shape index (κ3) is 2.84. The summed E-state index contributed by atoms with van der Waals surface area (Å²) in [6.07, 6.45) is 6.92. The smallest absolute Gasteiger partial charge is 0.320 e. The molecule has 3 heterocycles. The van der Waals surface area contributed by atoms with Gasteiger partial charge in [0.2, 0.25) is 0 Å². The quantitative estimate of drug-likeness (QED) is 0.926. The van der Waals surface area contributed by atoms with Gasteiger partial charge in [-0.15, -0.1) is 0 Å². The number of carboxylic acid groups (broad SMARTS) is 1. The summed E-state index contributed by atoms with van der Waals surface area (Å²) >= 11 is 0. The number of hydrogen-bond acceptors (Lipinski definition) is 4. The Balaban J connectivity index is 1.70. The van der Waals surface area contributed by atoms with Crippen molar-refractivity contribution in [1.29, 1.82) is 0 Å². The van der Waals surface area contributed by atoms with Crippen LogP contribution in [0.3, 0.4) is 0 Å². The Morgan fingerprint density at radius 2 is 2.16 bits per heavy atom. The van der Waals surface area contributed by atoms with Gasteiger partial charge in [0.1, 0.15) is 11.7 Å². The van der Waals surface area contributed by atoms with E-state index < -0.39 is 12.0 Å². The van der Waals surface area contributed by atoms with Crippen LogP contribution in [0, 0.1) is 12.8 Å². The molecule has 0 spiro atoms. The van der Waals surface area contributed by atoms with Crippen LogP contribution in [0.1, 0.15) is 43.4 Å². The Morgan fingerprint density at radius 3 is 2.96 bits per heavy atom. The van der Waals surface area contributed by atoms with Crippen molar-refractivity contribution >= 4 is 11.6 Å². The van der Waals surface area contributed by atoms with E-state index in [-0.39, 0.29) is 5.56 Å². The highest BCUT2D eigenvalue weighted by Gasteiger charge is 2.45. The van der Waals surface area contributed by atoms with Gasteiger partial charge in [0.25, 0.3) is 5.56 Å². The van der Waals surface area contributed by atoms with Gasteiger partial charge < -0.3 is 5.11 Å². The zero-order valence-electron chi connectivity index (χ0n) is 14.4. The summed E-state index contributed by atoms with van der Waals surface area (Å²) in [4.78, 5) is 30.9. The summed E-state index contributed by atoms with van der Waals surface area (Å²) in [6.45, 7) is 2.36. The second-order valence-corrected chi connectivity index (χ2v) is 7.34. The van der Waals surface area contributed by atoms with Crippen molar-refractivity contribution in [3.63, 3.8) is 0 Å². The lowest BCUT2D eigenvalue weighted by Crippen LogP contribution is -2.42. The minimum absolute atomic E-state index is 0.116. The van der Waals surface area contributed by atoms with Crippen LogP contribution in [-0.4, -0.2) is 37.4 Å². The highest BCUT2D eigenvalue weighted by Crippen LogP contribution is 2.40. The maximum atomic E-state index is 12.4. The first-order valence-corrected chi connectivity index (χ1v) is 9.01. The molecule has 6 heteroatoms. The molecule has 1 saturated carbocycles. The lowest BCUT2D eigenvalue weighted by Gasteiger charge is -2.32. The monoisotopic (exact) mass is 341 g/mol. The average molecular weight is 341 g/mol. The summed E-state index contributed by atoms with van der Waals surface area (Å²) in [5.41, 5.74) is 2.14. The Hall–Kier alpha value is -2.21. The molecule has 4 rings (SSSR count). The molecule has 2 aromatic rings. The zero-order chi connectivity index (χ0) is 17.6. The van der Waals surface area contributed by atoms with Crippen LogP contribution in [0.25, 0.3) is 5.65 Å². The molecule has 1 aliphatic heterocycles. The molecule has 3 atom stereocenters. The van der Waals surface area contributed by atoms with Crippen LogP contribution in [0.2, 0.25) is 0 Å². The summed E-state index contributed by atoms with van der Waals surface area (Å²) < 4.78 is 1.54. The lowest BCUT2D eigenvalue weighted by molar-refractivity contribution is -0.142. The zero-order valence-corrected chi connectivity index (χ0v) is 14.4. The number of aryl methyl sites for hydroxylation is 1. The molecule has 0 bridgehead atoms. The van der Waals surface area contributed by atoms with Crippen molar-refractivity contribution in [3.05, 3.63) is 46.0 Å². The number of nitrogens with zero attached hydrogens (tertiary/aromatic N) is 3. The second-order valence-electron chi connectivity index (χ2n) is 7.34. The summed E-state index contributed by atoms with van der Waals surface area (Å²) in [5, 5.41) is 9.65. The van der Waals surface area contributed by atoms with Gasteiger partial charge in [-0.1, -0.05) is 18.9 Å². The maximum absolute atomic E-state index is 12.4. The second kappa shape index (κ2) is 6.26. The Kier molecular flexibility index (Phi) is 4.07. The van der Waals surface area contributed by atoms with Gasteiger partial charge in [-0.25, -0.2) is 4.98 Å². The Labute approximate surface area is 146 Å². The molecule has 2 aromatic heterocycles. The SMILES string of the molecule is Cc1cccn2c(=O)cc(CN3[C@@H]4CCCC[C@@H]4C[C@H]3C(=O)O)nc12. The number of hydrogen-bond donors (Lipinski definition) is 1. The highest BCUT2D eigenvalue weighted by molar-refractivity contribution is 5.74. The molecule has 1 aliphatic carbocycles. The van der Waals surface area contributed by atoms with Crippen molar-refractivity contribution < 1.29 is 9.90 Å². The van der Waals surface area contributed by atoms with Gasteiger partial charge in [-0.05, 0) is 43.7 Å². The summed E-state index contributed by atoms with van der Waals surface area (Å²) in [7, 11) is 0. The van der Waals surface area contributed by atoms with Crippen LogP contribution in [0.15, 0.2) is 29.2 Å². The molecule has 0 amide bonds. The fraction of sp³-hybridized carbons (Fsp3) is 0.526. The van der Waals surface area contributed by atoms with Gasteiger partial charge in [0.15, 0.2) is 0 Å². The number of aliphatic carboxylic acids is 1. The van der Waals surface area contributed by atoms with Crippen LogP contribution in [-0.2, 0) is 11.3 Å². The van der Waals surface area contributed by atoms with Crippen molar-refractivity contribution in [1.82, 2.24) is 14.3 Å². The van der Waals surface area contributed by atoms with Crippen LogP contribution >= 0.6 is 0 Å². The predicted molar refractivity (Wildman–Crippen MR) is 93.5 cm³/mol. The van der Waals surface area contributed by atoms with E-state index in [9.17, 15) is 14.7 Å². The van der Waals surface area contributed by atoms with Crippen molar-refractivity contribution in [2.45, 2.75) is 57.7 Å².